The van der Waals surface area contributed by atoms with Crippen molar-refractivity contribution in [3.63, 3.8) is 0 Å². The summed E-state index contributed by atoms with van der Waals surface area (Å²) in [5.41, 5.74) is 7.62. The highest BCUT2D eigenvalue weighted by Gasteiger charge is 2.35. The molecule has 0 unspecified atom stereocenters. The van der Waals surface area contributed by atoms with E-state index in [9.17, 15) is 0 Å². The Kier molecular flexibility index (Phi) is 5.64. The lowest BCUT2D eigenvalue weighted by molar-refractivity contribution is 0.276. The summed E-state index contributed by atoms with van der Waals surface area (Å²) in [6.45, 7) is 18.3. The molecule has 0 atom stereocenters. The van der Waals surface area contributed by atoms with Gasteiger partial charge in [-0.25, -0.2) is 0 Å². The van der Waals surface area contributed by atoms with Crippen molar-refractivity contribution < 1.29 is 0 Å². The fourth-order valence-electron chi connectivity index (χ4n) is 4.96. The van der Waals surface area contributed by atoms with Gasteiger partial charge in [0.25, 0.3) is 0 Å². The van der Waals surface area contributed by atoms with Gasteiger partial charge in [0.15, 0.2) is 0 Å². The fraction of sp³-hybridized carbons (Fsp3) is 0.333. The molecule has 1 heterocycles. The predicted molar refractivity (Wildman–Crippen MR) is 137 cm³/mol. The van der Waals surface area contributed by atoms with E-state index in [-0.39, 0.29) is 0 Å². The van der Waals surface area contributed by atoms with E-state index in [4.69, 9.17) is 0 Å². The quantitative estimate of drug-likeness (QED) is 0.452. The highest BCUT2D eigenvalue weighted by atomic mass is 28.3. The third-order valence-electron chi connectivity index (χ3n) is 6.20. The zero-order valence-corrected chi connectivity index (χ0v) is 21.4. The van der Waals surface area contributed by atoms with Crippen molar-refractivity contribution in [2.45, 2.75) is 58.9 Å². The van der Waals surface area contributed by atoms with Crippen LogP contribution in [-0.4, -0.2) is 21.0 Å². The van der Waals surface area contributed by atoms with Gasteiger partial charge in [-0.3, -0.25) is 4.90 Å². The van der Waals surface area contributed by atoms with E-state index in [1.54, 1.807) is 21.5 Å². The highest BCUT2D eigenvalue weighted by molar-refractivity contribution is 6.91. The maximum atomic E-state index is 2.65. The smallest absolute Gasteiger partial charge is 0.0788 e. The average molecular weight is 430 g/mol. The van der Waals surface area contributed by atoms with Crippen LogP contribution in [0.4, 0.5) is 0 Å². The standard InChI is InChI=1S/C27H35NSi2/c1-29(2,3)26-17-23(22-15-11-8-12-16-22)27(30(4,5)6)25-20-28(19-24(25)26)18-21-13-9-7-10-14-21/h7-17H,18-20H2,1-6H3. The molecule has 3 aromatic carbocycles. The number of rotatable bonds is 5. The molecular weight excluding hydrogens is 394 g/mol. The third kappa shape index (κ3) is 4.25. The highest BCUT2D eigenvalue weighted by Crippen LogP contribution is 2.31. The molecule has 0 aromatic heterocycles. The first-order chi connectivity index (χ1) is 14.1. The van der Waals surface area contributed by atoms with Crippen molar-refractivity contribution >= 4 is 26.5 Å². The lowest BCUT2D eigenvalue weighted by atomic mass is 10.00. The van der Waals surface area contributed by atoms with Gasteiger partial charge < -0.3 is 0 Å². The average Bonchev–Trinajstić information content (AvgIpc) is 3.09. The molecule has 3 heteroatoms. The maximum Gasteiger partial charge on any atom is 0.0788 e. The molecule has 156 valence electrons. The lowest BCUT2D eigenvalue weighted by Gasteiger charge is -2.29. The Morgan fingerprint density at radius 3 is 1.83 bits per heavy atom. The molecule has 0 radical (unpaired) electrons. The van der Waals surface area contributed by atoms with E-state index in [1.807, 2.05) is 0 Å². The van der Waals surface area contributed by atoms with Gasteiger partial charge in [0.1, 0.15) is 0 Å². The summed E-state index contributed by atoms with van der Waals surface area (Å²) < 4.78 is 0. The number of hydrogen-bond donors (Lipinski definition) is 0. The van der Waals surface area contributed by atoms with Crippen LogP contribution in [0.3, 0.4) is 0 Å². The zero-order valence-electron chi connectivity index (χ0n) is 19.4. The maximum absolute atomic E-state index is 2.65. The van der Waals surface area contributed by atoms with Gasteiger partial charge in [0.2, 0.25) is 0 Å². The Hall–Kier alpha value is -1.95. The van der Waals surface area contributed by atoms with E-state index < -0.39 is 16.1 Å². The van der Waals surface area contributed by atoms with Gasteiger partial charge in [0, 0.05) is 19.6 Å². The topological polar surface area (TPSA) is 3.24 Å². The van der Waals surface area contributed by atoms with Crippen LogP contribution in [0, 0.1) is 0 Å². The molecule has 3 aromatic rings. The molecule has 1 aliphatic heterocycles. The minimum absolute atomic E-state index is 1.03. The van der Waals surface area contributed by atoms with Crippen molar-refractivity contribution in [1.29, 1.82) is 0 Å². The minimum Gasteiger partial charge on any atom is -0.291 e. The number of nitrogens with zero attached hydrogens (tertiary/aromatic N) is 1. The summed E-state index contributed by atoms with van der Waals surface area (Å²) in [6, 6.07) is 24.7. The van der Waals surface area contributed by atoms with Crippen LogP contribution in [-0.2, 0) is 19.6 Å². The molecule has 0 fully saturated rings. The fourth-order valence-corrected chi connectivity index (χ4v) is 8.83. The first-order valence-corrected chi connectivity index (χ1v) is 18.2. The Morgan fingerprint density at radius 1 is 0.700 bits per heavy atom. The normalized spacial score (nSPS) is 14.7. The number of hydrogen-bond acceptors (Lipinski definition) is 1. The molecule has 0 spiro atoms. The Labute approximate surface area is 184 Å². The summed E-state index contributed by atoms with van der Waals surface area (Å²) in [7, 11) is -3.00. The van der Waals surface area contributed by atoms with Crippen LogP contribution in [0.5, 0.6) is 0 Å². The monoisotopic (exact) mass is 429 g/mol. The number of benzene rings is 3. The van der Waals surface area contributed by atoms with Crippen LogP contribution < -0.4 is 10.4 Å². The van der Waals surface area contributed by atoms with Crippen LogP contribution in [0.1, 0.15) is 16.7 Å². The van der Waals surface area contributed by atoms with Crippen molar-refractivity contribution in [3.8, 4) is 11.1 Å². The largest absolute Gasteiger partial charge is 0.291 e. The molecular formula is C27H35NSi2. The Bertz CT molecular complexity index is 1030. The molecule has 0 N–H and O–H groups in total. The van der Waals surface area contributed by atoms with E-state index in [0.29, 0.717) is 0 Å². The minimum atomic E-state index is -1.53. The summed E-state index contributed by atoms with van der Waals surface area (Å²) in [6.07, 6.45) is 0. The van der Waals surface area contributed by atoms with Crippen molar-refractivity contribution in [3.05, 3.63) is 83.4 Å². The zero-order chi connectivity index (χ0) is 21.5. The van der Waals surface area contributed by atoms with Crippen molar-refractivity contribution in [2.75, 3.05) is 0 Å². The van der Waals surface area contributed by atoms with Gasteiger partial charge in [0.05, 0.1) is 16.1 Å². The van der Waals surface area contributed by atoms with E-state index in [1.165, 1.54) is 16.7 Å². The second-order valence-corrected chi connectivity index (χ2v) is 20.8. The molecule has 0 aliphatic carbocycles. The van der Waals surface area contributed by atoms with Gasteiger partial charge in [-0.15, -0.1) is 0 Å². The van der Waals surface area contributed by atoms with Gasteiger partial charge in [-0.1, -0.05) is 111 Å². The van der Waals surface area contributed by atoms with Crippen LogP contribution >= 0.6 is 0 Å². The van der Waals surface area contributed by atoms with E-state index in [0.717, 1.165) is 19.6 Å². The Morgan fingerprint density at radius 2 is 1.27 bits per heavy atom. The van der Waals surface area contributed by atoms with Crippen molar-refractivity contribution in [1.82, 2.24) is 4.90 Å². The second-order valence-electron chi connectivity index (χ2n) is 10.8. The van der Waals surface area contributed by atoms with Gasteiger partial charge in [-0.2, -0.15) is 0 Å². The SMILES string of the molecule is C[Si](C)(C)c1cc(-c2ccccc2)c([Si](C)(C)C)c2c1CN(Cc1ccccc1)C2. The van der Waals surface area contributed by atoms with Crippen LogP contribution in [0.15, 0.2) is 66.7 Å². The lowest BCUT2D eigenvalue weighted by Crippen LogP contribution is -2.47. The third-order valence-corrected chi connectivity index (χ3v) is 10.3. The summed E-state index contributed by atoms with van der Waals surface area (Å²) >= 11 is 0. The van der Waals surface area contributed by atoms with Gasteiger partial charge in [-0.05, 0) is 33.0 Å². The predicted octanol–water partition coefficient (Wildman–Crippen LogP) is 5.96. The molecule has 1 aliphatic rings. The Balaban J connectivity index is 1.88. The molecule has 30 heavy (non-hydrogen) atoms. The first-order valence-electron chi connectivity index (χ1n) is 11.2. The molecule has 0 saturated carbocycles. The summed E-state index contributed by atoms with van der Waals surface area (Å²) in [5.74, 6) is 0. The van der Waals surface area contributed by atoms with Crippen molar-refractivity contribution in [2.24, 2.45) is 0 Å². The van der Waals surface area contributed by atoms with Crippen LogP contribution in [0.25, 0.3) is 11.1 Å². The van der Waals surface area contributed by atoms with Crippen LogP contribution in [0.2, 0.25) is 39.3 Å². The molecule has 0 saturated heterocycles. The molecule has 4 rings (SSSR count). The van der Waals surface area contributed by atoms with E-state index >= 15 is 0 Å². The molecule has 1 nitrogen and oxygen atoms in total. The number of fused-ring (bicyclic) bond motifs is 1. The molecule has 0 amide bonds. The van der Waals surface area contributed by atoms with Gasteiger partial charge >= 0.3 is 0 Å². The molecule has 0 bridgehead atoms. The summed E-state index contributed by atoms with van der Waals surface area (Å²) in [5, 5.41) is 3.34. The van der Waals surface area contributed by atoms with E-state index in [2.05, 4.69) is 111 Å². The first kappa shape index (κ1) is 21.3. The second kappa shape index (κ2) is 7.95. The summed E-state index contributed by atoms with van der Waals surface area (Å²) in [4.78, 5) is 2.65.